The van der Waals surface area contributed by atoms with E-state index in [0.717, 1.165) is 6.42 Å². The Balaban J connectivity index is 0.00000361. The summed E-state index contributed by atoms with van der Waals surface area (Å²) in [6.07, 6.45) is 1.39. The molecule has 0 bridgehead atoms. The summed E-state index contributed by atoms with van der Waals surface area (Å²) < 4.78 is 4.71. The fraction of sp³-hybridized carbons (Fsp3) is 0.429. The highest BCUT2D eigenvalue weighted by Crippen LogP contribution is 2.14. The van der Waals surface area contributed by atoms with Crippen molar-refractivity contribution in [2.75, 3.05) is 7.11 Å². The molecule has 112 valence electrons. The summed E-state index contributed by atoms with van der Waals surface area (Å²) in [5, 5.41) is 2.63. The summed E-state index contributed by atoms with van der Waals surface area (Å²) in [7, 11) is 1.29. The van der Waals surface area contributed by atoms with Crippen LogP contribution in [0.25, 0.3) is 0 Å². The number of hydrogen-bond acceptors (Lipinski definition) is 4. The van der Waals surface area contributed by atoms with Crippen molar-refractivity contribution in [1.82, 2.24) is 5.32 Å². The molecule has 2 atom stereocenters. The van der Waals surface area contributed by atoms with E-state index in [-0.39, 0.29) is 18.3 Å². The lowest BCUT2D eigenvalue weighted by Gasteiger charge is -2.19. The molecule has 1 amide bonds. The maximum Gasteiger partial charge on any atom is 0.333 e. The average molecular weight is 301 g/mol. The van der Waals surface area contributed by atoms with Gasteiger partial charge < -0.3 is 15.8 Å². The smallest absolute Gasteiger partial charge is 0.333 e. The third-order valence-electron chi connectivity index (χ3n) is 2.79. The number of amides is 1. The van der Waals surface area contributed by atoms with Crippen LogP contribution in [0.1, 0.15) is 31.4 Å². The van der Waals surface area contributed by atoms with Crippen molar-refractivity contribution in [2.45, 2.75) is 31.8 Å². The number of hydrogen-bond donors (Lipinski definition) is 2. The van der Waals surface area contributed by atoms with Crippen LogP contribution in [0.4, 0.5) is 0 Å². The van der Waals surface area contributed by atoms with E-state index in [0.29, 0.717) is 12.0 Å². The molecular formula is C14H21ClN2O3. The molecular weight excluding hydrogens is 280 g/mol. The second kappa shape index (κ2) is 9.34. The lowest BCUT2D eigenvalue weighted by molar-refractivity contribution is -0.145. The first kappa shape index (κ1) is 18.4. The topological polar surface area (TPSA) is 81.4 Å². The minimum Gasteiger partial charge on any atom is -0.467 e. The first-order chi connectivity index (χ1) is 9.10. The van der Waals surface area contributed by atoms with Crippen LogP contribution in [0.2, 0.25) is 0 Å². The molecule has 0 spiro atoms. The van der Waals surface area contributed by atoms with Gasteiger partial charge in [0, 0.05) is 0 Å². The van der Waals surface area contributed by atoms with Gasteiger partial charge in [-0.05, 0) is 12.0 Å². The SMILES string of the molecule is CCCC(N)C(=O)NC(C(=O)OC)c1ccccc1.Cl. The molecule has 0 radical (unpaired) electrons. The maximum absolute atomic E-state index is 11.9. The molecule has 0 aliphatic rings. The Morgan fingerprint density at radius 3 is 2.40 bits per heavy atom. The van der Waals surface area contributed by atoms with Crippen molar-refractivity contribution >= 4 is 24.3 Å². The number of methoxy groups -OCH3 is 1. The highest BCUT2D eigenvalue weighted by molar-refractivity contribution is 5.88. The van der Waals surface area contributed by atoms with Gasteiger partial charge in [0.2, 0.25) is 5.91 Å². The number of carbonyl (C=O) groups is 2. The zero-order valence-electron chi connectivity index (χ0n) is 11.7. The second-order valence-electron chi connectivity index (χ2n) is 4.27. The lowest BCUT2D eigenvalue weighted by Crippen LogP contribution is -2.44. The number of rotatable bonds is 6. The van der Waals surface area contributed by atoms with E-state index < -0.39 is 18.1 Å². The molecule has 0 saturated heterocycles. The third-order valence-corrected chi connectivity index (χ3v) is 2.79. The molecule has 0 aliphatic heterocycles. The highest BCUT2D eigenvalue weighted by Gasteiger charge is 2.25. The van der Waals surface area contributed by atoms with Gasteiger partial charge in [0.05, 0.1) is 13.2 Å². The van der Waals surface area contributed by atoms with Crippen LogP contribution in [0.3, 0.4) is 0 Å². The summed E-state index contributed by atoms with van der Waals surface area (Å²) in [6, 6.07) is 7.51. The van der Waals surface area contributed by atoms with Crippen molar-refractivity contribution in [1.29, 1.82) is 0 Å². The molecule has 1 rings (SSSR count). The fourth-order valence-electron chi connectivity index (χ4n) is 1.73. The van der Waals surface area contributed by atoms with Crippen LogP contribution in [-0.2, 0) is 14.3 Å². The van der Waals surface area contributed by atoms with Crippen molar-refractivity contribution in [3.05, 3.63) is 35.9 Å². The van der Waals surface area contributed by atoms with Crippen LogP contribution in [0.5, 0.6) is 0 Å². The molecule has 0 saturated carbocycles. The maximum atomic E-state index is 11.9. The Labute approximate surface area is 125 Å². The summed E-state index contributed by atoms with van der Waals surface area (Å²) in [5.41, 5.74) is 6.40. The third kappa shape index (κ3) is 5.19. The van der Waals surface area contributed by atoms with Crippen molar-refractivity contribution in [3.63, 3.8) is 0 Å². The standard InChI is InChI=1S/C14H20N2O3.ClH/c1-3-7-11(15)13(17)16-12(14(18)19-2)10-8-5-4-6-9-10;/h4-6,8-9,11-12H,3,7,15H2,1-2H3,(H,16,17);1H. The van der Waals surface area contributed by atoms with Crippen molar-refractivity contribution in [3.8, 4) is 0 Å². The zero-order valence-corrected chi connectivity index (χ0v) is 12.5. The number of halogens is 1. The summed E-state index contributed by atoms with van der Waals surface area (Å²) >= 11 is 0. The van der Waals surface area contributed by atoms with Crippen LogP contribution >= 0.6 is 12.4 Å². The van der Waals surface area contributed by atoms with Gasteiger partial charge in [-0.2, -0.15) is 0 Å². The lowest BCUT2D eigenvalue weighted by atomic mass is 10.1. The first-order valence-electron chi connectivity index (χ1n) is 6.28. The fourth-order valence-corrected chi connectivity index (χ4v) is 1.73. The van der Waals surface area contributed by atoms with Gasteiger partial charge in [-0.3, -0.25) is 4.79 Å². The number of nitrogens with one attached hydrogen (secondary N) is 1. The molecule has 3 N–H and O–H groups in total. The number of nitrogens with two attached hydrogens (primary N) is 1. The van der Waals surface area contributed by atoms with E-state index in [1.165, 1.54) is 7.11 Å². The summed E-state index contributed by atoms with van der Waals surface area (Å²) in [5.74, 6) is -0.857. The largest absolute Gasteiger partial charge is 0.467 e. The molecule has 5 nitrogen and oxygen atoms in total. The van der Waals surface area contributed by atoms with Gasteiger partial charge in [-0.25, -0.2) is 4.79 Å². The molecule has 2 unspecified atom stereocenters. The first-order valence-corrected chi connectivity index (χ1v) is 6.28. The molecule has 0 fully saturated rings. The number of ether oxygens (including phenoxy) is 1. The Morgan fingerprint density at radius 2 is 1.90 bits per heavy atom. The minimum atomic E-state index is -0.818. The van der Waals surface area contributed by atoms with Gasteiger partial charge >= 0.3 is 5.97 Å². The average Bonchev–Trinajstić information content (AvgIpc) is 2.44. The molecule has 1 aromatic rings. The number of benzene rings is 1. The zero-order chi connectivity index (χ0) is 14.3. The summed E-state index contributed by atoms with van der Waals surface area (Å²) in [4.78, 5) is 23.6. The molecule has 0 aliphatic carbocycles. The molecule has 20 heavy (non-hydrogen) atoms. The van der Waals surface area contributed by atoms with E-state index >= 15 is 0 Å². The van der Waals surface area contributed by atoms with Gasteiger partial charge in [-0.1, -0.05) is 43.7 Å². The van der Waals surface area contributed by atoms with Crippen LogP contribution in [-0.4, -0.2) is 25.0 Å². The highest BCUT2D eigenvalue weighted by atomic mass is 35.5. The van der Waals surface area contributed by atoms with E-state index in [1.54, 1.807) is 24.3 Å². The Morgan fingerprint density at radius 1 is 1.30 bits per heavy atom. The van der Waals surface area contributed by atoms with E-state index in [2.05, 4.69) is 5.32 Å². The van der Waals surface area contributed by atoms with E-state index in [1.807, 2.05) is 13.0 Å². The number of carbonyl (C=O) groups excluding carboxylic acids is 2. The van der Waals surface area contributed by atoms with E-state index in [9.17, 15) is 9.59 Å². The molecule has 6 heteroatoms. The number of esters is 1. The second-order valence-corrected chi connectivity index (χ2v) is 4.27. The normalized spacial score (nSPS) is 12.8. The quantitative estimate of drug-likeness (QED) is 0.781. The predicted molar refractivity (Wildman–Crippen MR) is 79.5 cm³/mol. The van der Waals surface area contributed by atoms with Gasteiger partial charge in [0.15, 0.2) is 6.04 Å². The van der Waals surface area contributed by atoms with Crippen LogP contribution < -0.4 is 11.1 Å². The summed E-state index contributed by atoms with van der Waals surface area (Å²) in [6.45, 7) is 1.95. The predicted octanol–water partition coefficient (Wildman–Crippen LogP) is 1.57. The Bertz CT molecular complexity index is 426. The molecule has 0 heterocycles. The van der Waals surface area contributed by atoms with Gasteiger partial charge in [0.25, 0.3) is 0 Å². The molecule has 0 aromatic heterocycles. The monoisotopic (exact) mass is 300 g/mol. The van der Waals surface area contributed by atoms with Crippen LogP contribution in [0.15, 0.2) is 30.3 Å². The molecule has 1 aromatic carbocycles. The van der Waals surface area contributed by atoms with Crippen molar-refractivity contribution in [2.24, 2.45) is 5.73 Å². The van der Waals surface area contributed by atoms with Crippen LogP contribution in [0, 0.1) is 0 Å². The Kier molecular flexibility index (Phi) is 8.59. The minimum absolute atomic E-state index is 0. The van der Waals surface area contributed by atoms with E-state index in [4.69, 9.17) is 10.5 Å². The van der Waals surface area contributed by atoms with Crippen molar-refractivity contribution < 1.29 is 14.3 Å². The Hall–Kier alpha value is -1.59. The van der Waals surface area contributed by atoms with Gasteiger partial charge in [0.1, 0.15) is 0 Å². The van der Waals surface area contributed by atoms with Gasteiger partial charge in [-0.15, -0.1) is 12.4 Å².